The number of aromatic nitrogens is 1. The predicted octanol–water partition coefficient (Wildman–Crippen LogP) is 2.87. The fourth-order valence-corrected chi connectivity index (χ4v) is 5.24. The summed E-state index contributed by atoms with van der Waals surface area (Å²) in [7, 11) is 0.475. The number of aliphatic imine (C=N–C) groups is 1. The summed E-state index contributed by atoms with van der Waals surface area (Å²) in [5.74, 6) is 0.279. The number of hydrogen-bond donors (Lipinski definition) is 2. The van der Waals surface area contributed by atoms with Gasteiger partial charge in [0.15, 0.2) is 10.8 Å². The van der Waals surface area contributed by atoms with E-state index < -0.39 is 10.9 Å². The molecule has 2 atom stereocenters. The Morgan fingerprint density at radius 1 is 1.55 bits per heavy atom. The van der Waals surface area contributed by atoms with Gasteiger partial charge in [0, 0.05) is 17.3 Å². The second-order valence-corrected chi connectivity index (χ2v) is 8.23. The minimum atomic E-state index is -0.894. The molecule has 2 aliphatic rings. The van der Waals surface area contributed by atoms with Crippen molar-refractivity contribution in [1.82, 2.24) is 10.3 Å². The first-order chi connectivity index (χ1) is 10.6. The summed E-state index contributed by atoms with van der Waals surface area (Å²) in [4.78, 5) is 21.1. The van der Waals surface area contributed by atoms with E-state index in [2.05, 4.69) is 10.3 Å². The first kappa shape index (κ1) is 15.3. The van der Waals surface area contributed by atoms with Gasteiger partial charge in [0.25, 0.3) is 0 Å². The lowest BCUT2D eigenvalue weighted by Crippen LogP contribution is -2.35. The van der Waals surface area contributed by atoms with E-state index in [1.165, 1.54) is 18.4 Å². The lowest BCUT2D eigenvalue weighted by Gasteiger charge is -2.30. The van der Waals surface area contributed by atoms with Crippen LogP contribution in [0.15, 0.2) is 49.8 Å². The van der Waals surface area contributed by atoms with Crippen LogP contribution in [0.25, 0.3) is 0 Å². The third kappa shape index (κ3) is 2.71. The smallest absolute Gasteiger partial charge is 0.338 e. The number of methoxy groups -OCH3 is 1. The molecule has 8 heteroatoms. The summed E-state index contributed by atoms with van der Waals surface area (Å²) in [5.41, 5.74) is 1.25. The maximum Gasteiger partial charge on any atom is 0.338 e. The van der Waals surface area contributed by atoms with Crippen molar-refractivity contribution in [2.24, 2.45) is 4.99 Å². The molecule has 2 unspecified atom stereocenters. The van der Waals surface area contributed by atoms with Gasteiger partial charge in [-0.05, 0) is 18.4 Å². The van der Waals surface area contributed by atoms with Crippen LogP contribution in [0, 0.1) is 0 Å². The molecule has 1 aromatic heterocycles. The molecule has 1 N–H and O–H groups in total. The average molecular weight is 356 g/mol. The van der Waals surface area contributed by atoms with E-state index in [1.807, 2.05) is 29.9 Å². The third-order valence-electron chi connectivity index (χ3n) is 3.25. The van der Waals surface area contributed by atoms with Crippen LogP contribution in [-0.4, -0.2) is 29.3 Å². The Labute approximate surface area is 139 Å². The Morgan fingerprint density at radius 2 is 2.36 bits per heavy atom. The van der Waals surface area contributed by atoms with Crippen molar-refractivity contribution in [1.29, 1.82) is 0 Å². The number of nitrogens with zero attached hydrogens (tertiary/aromatic N) is 2. The number of amidine groups is 1. The van der Waals surface area contributed by atoms with Gasteiger partial charge >= 0.3 is 5.97 Å². The van der Waals surface area contributed by atoms with Crippen LogP contribution >= 0.6 is 33.8 Å². The molecule has 0 aliphatic carbocycles. The standard InChI is InChI=1S/C14H14ClN3O2S2/c1-8-10(14(19)20-2)13(22-7-3-4-9(22)15)18-11(17-8)12-16-5-6-21-12/h3-7,13,22H,1-2H3,(H,17,18). The zero-order valence-corrected chi connectivity index (χ0v) is 14.4. The van der Waals surface area contributed by atoms with Crippen LogP contribution in [0.3, 0.4) is 0 Å². The van der Waals surface area contributed by atoms with Gasteiger partial charge in [-0.15, -0.1) is 11.3 Å². The van der Waals surface area contributed by atoms with Gasteiger partial charge in [-0.3, -0.25) is 0 Å². The normalized spacial score (nSPS) is 25.6. The first-order valence-corrected chi connectivity index (χ1v) is 9.21. The molecule has 0 saturated heterocycles. The topological polar surface area (TPSA) is 63.6 Å². The molecule has 22 heavy (non-hydrogen) atoms. The predicted molar refractivity (Wildman–Crippen MR) is 92.4 cm³/mol. The Balaban J connectivity index is 2.04. The summed E-state index contributed by atoms with van der Waals surface area (Å²) < 4.78 is 5.64. The molecule has 3 heterocycles. The zero-order chi connectivity index (χ0) is 15.7. The minimum Gasteiger partial charge on any atom is -0.466 e. The molecule has 2 aliphatic heterocycles. The summed E-state index contributed by atoms with van der Waals surface area (Å²) in [6.45, 7) is 1.84. The maximum atomic E-state index is 12.2. The third-order valence-corrected chi connectivity index (χ3v) is 6.78. The first-order valence-electron chi connectivity index (χ1n) is 6.48. The Morgan fingerprint density at radius 3 is 2.95 bits per heavy atom. The SMILES string of the molecule is COC(=O)C1=C(C)NC(c2nccs2)=NC1[SH]1C=CC=C1Cl. The number of thiazole rings is 1. The van der Waals surface area contributed by atoms with E-state index in [0.717, 1.165) is 15.1 Å². The lowest BCUT2D eigenvalue weighted by atomic mass is 10.2. The van der Waals surface area contributed by atoms with Crippen molar-refractivity contribution in [3.8, 4) is 0 Å². The number of halogens is 1. The Bertz CT molecular complexity index is 722. The molecule has 0 saturated carbocycles. The molecule has 0 bridgehead atoms. The number of rotatable bonds is 3. The number of hydrogen-bond acceptors (Lipinski definition) is 6. The van der Waals surface area contributed by atoms with Gasteiger partial charge < -0.3 is 10.1 Å². The molecule has 5 nitrogen and oxygen atoms in total. The highest BCUT2D eigenvalue weighted by Gasteiger charge is 2.34. The molecule has 0 radical (unpaired) electrons. The number of ether oxygens (including phenoxy) is 1. The van der Waals surface area contributed by atoms with Crippen LogP contribution in [0.1, 0.15) is 11.9 Å². The molecule has 0 amide bonds. The van der Waals surface area contributed by atoms with E-state index in [-0.39, 0.29) is 11.3 Å². The molecule has 0 fully saturated rings. The van der Waals surface area contributed by atoms with Crippen molar-refractivity contribution in [3.63, 3.8) is 0 Å². The summed E-state index contributed by atoms with van der Waals surface area (Å²) >= 11 is 7.79. The van der Waals surface area contributed by atoms with E-state index in [4.69, 9.17) is 21.3 Å². The highest BCUT2D eigenvalue weighted by Crippen LogP contribution is 2.51. The average Bonchev–Trinajstić information content (AvgIpc) is 3.17. The number of nitrogens with one attached hydrogen (secondary N) is 1. The van der Waals surface area contributed by atoms with Gasteiger partial charge in [-0.1, -0.05) is 17.7 Å². The lowest BCUT2D eigenvalue weighted by molar-refractivity contribution is -0.136. The number of esters is 1. The molecule has 3 rings (SSSR count). The van der Waals surface area contributed by atoms with E-state index >= 15 is 0 Å². The van der Waals surface area contributed by atoms with Gasteiger partial charge in [0.2, 0.25) is 0 Å². The highest BCUT2D eigenvalue weighted by atomic mass is 35.5. The number of thiol groups is 1. The molecular formula is C14H14ClN3O2S2. The van der Waals surface area contributed by atoms with Crippen LogP contribution in [0.5, 0.6) is 0 Å². The van der Waals surface area contributed by atoms with Crippen molar-refractivity contribution in [2.45, 2.75) is 12.3 Å². The summed E-state index contributed by atoms with van der Waals surface area (Å²) in [6, 6.07) is 0. The monoisotopic (exact) mass is 355 g/mol. The quantitative estimate of drug-likeness (QED) is 0.646. The second-order valence-electron chi connectivity index (χ2n) is 4.58. The highest BCUT2D eigenvalue weighted by molar-refractivity contribution is 8.24. The maximum absolute atomic E-state index is 12.2. The fraction of sp³-hybridized carbons (Fsp3) is 0.214. The number of carbonyl (C=O) groups excluding carboxylic acids is 1. The van der Waals surface area contributed by atoms with E-state index in [0.29, 0.717) is 11.4 Å². The largest absolute Gasteiger partial charge is 0.466 e. The van der Waals surface area contributed by atoms with E-state index in [9.17, 15) is 4.79 Å². The van der Waals surface area contributed by atoms with Gasteiger partial charge in [-0.25, -0.2) is 14.8 Å². The summed E-state index contributed by atoms with van der Waals surface area (Å²) in [6.07, 6.45) is 5.47. The molecule has 0 spiro atoms. The van der Waals surface area contributed by atoms with Crippen LogP contribution in [0.4, 0.5) is 0 Å². The molecule has 0 aromatic carbocycles. The molecule has 116 valence electrons. The number of carbonyl (C=O) groups is 1. The van der Waals surface area contributed by atoms with Crippen molar-refractivity contribution >= 4 is 45.6 Å². The summed E-state index contributed by atoms with van der Waals surface area (Å²) in [5, 5.41) is 7.47. The van der Waals surface area contributed by atoms with E-state index in [1.54, 1.807) is 6.20 Å². The van der Waals surface area contributed by atoms with Crippen LogP contribution in [-0.2, 0) is 9.53 Å². The second kappa shape index (κ2) is 6.28. The van der Waals surface area contributed by atoms with Crippen LogP contribution < -0.4 is 5.32 Å². The Kier molecular flexibility index (Phi) is 4.37. The van der Waals surface area contributed by atoms with Gasteiger partial charge in [0.1, 0.15) is 5.37 Å². The number of allylic oxidation sites excluding steroid dienone is 3. The van der Waals surface area contributed by atoms with Gasteiger partial charge in [0.05, 0.1) is 17.0 Å². The van der Waals surface area contributed by atoms with Gasteiger partial charge in [-0.2, -0.15) is 10.9 Å². The zero-order valence-electron chi connectivity index (χ0n) is 11.9. The van der Waals surface area contributed by atoms with Crippen LogP contribution in [0.2, 0.25) is 0 Å². The van der Waals surface area contributed by atoms with Crippen molar-refractivity contribution in [3.05, 3.63) is 49.8 Å². The molecular weight excluding hydrogens is 342 g/mol. The van der Waals surface area contributed by atoms with Crippen molar-refractivity contribution < 1.29 is 9.53 Å². The molecule has 1 aromatic rings. The Hall–Kier alpha value is -1.57. The fourth-order valence-electron chi connectivity index (χ4n) is 2.25. The van der Waals surface area contributed by atoms with Crippen molar-refractivity contribution in [2.75, 3.05) is 7.11 Å². The minimum absolute atomic E-state index is 0.356.